The smallest absolute Gasteiger partial charge is 0.279 e. The predicted molar refractivity (Wildman–Crippen MR) is 114 cm³/mol. The molecule has 0 aliphatic carbocycles. The molecule has 10 nitrogen and oxygen atoms in total. The largest absolute Gasteiger partial charge is 0.295 e. The average Bonchev–Trinajstić information content (AvgIpc) is 3.09. The molecule has 11 heteroatoms. The van der Waals surface area contributed by atoms with Gasteiger partial charge in [-0.05, 0) is 37.6 Å². The van der Waals surface area contributed by atoms with Crippen LogP contribution < -0.4 is 10.1 Å². The number of nitro benzene ring substituents is 1. The van der Waals surface area contributed by atoms with E-state index in [-0.39, 0.29) is 10.6 Å². The number of hydrogen-bond acceptors (Lipinski definition) is 7. The van der Waals surface area contributed by atoms with Gasteiger partial charge in [0.05, 0.1) is 27.9 Å². The van der Waals surface area contributed by atoms with Gasteiger partial charge in [0.15, 0.2) is 0 Å². The van der Waals surface area contributed by atoms with E-state index in [1.807, 2.05) is 13.0 Å². The molecule has 0 aliphatic rings. The fourth-order valence-electron chi connectivity index (χ4n) is 2.74. The Kier molecular flexibility index (Phi) is 5.83. The quantitative estimate of drug-likeness (QED) is 0.337. The van der Waals surface area contributed by atoms with Crippen LogP contribution in [0.5, 0.6) is 0 Å². The van der Waals surface area contributed by atoms with Gasteiger partial charge in [-0.2, -0.15) is 10.2 Å². The monoisotopic (exact) mass is 428 g/mol. The summed E-state index contributed by atoms with van der Waals surface area (Å²) < 4.78 is 29.5. The number of benzene rings is 2. The van der Waals surface area contributed by atoms with Crippen molar-refractivity contribution in [3.05, 3.63) is 75.6 Å². The van der Waals surface area contributed by atoms with Gasteiger partial charge in [0.1, 0.15) is 5.69 Å². The van der Waals surface area contributed by atoms with Crippen molar-refractivity contribution < 1.29 is 13.3 Å². The molecular weight excluding hydrogens is 408 g/mol. The van der Waals surface area contributed by atoms with Crippen LogP contribution in [0, 0.1) is 24.0 Å². The lowest BCUT2D eigenvalue weighted by atomic mass is 10.1. The highest BCUT2D eigenvalue weighted by atomic mass is 32.2. The van der Waals surface area contributed by atoms with E-state index in [1.165, 1.54) is 18.3 Å². The Bertz CT molecular complexity index is 1230. The summed E-state index contributed by atoms with van der Waals surface area (Å²) in [7, 11) is -2.26. The van der Waals surface area contributed by atoms with E-state index in [4.69, 9.17) is 0 Å². The molecule has 0 aliphatic heterocycles. The second-order valence-electron chi connectivity index (χ2n) is 6.68. The van der Waals surface area contributed by atoms with Crippen LogP contribution in [0.4, 0.5) is 17.1 Å². The molecule has 0 fully saturated rings. The van der Waals surface area contributed by atoms with E-state index in [2.05, 4.69) is 20.3 Å². The van der Waals surface area contributed by atoms with E-state index >= 15 is 0 Å². The molecule has 30 heavy (non-hydrogen) atoms. The number of nitro groups is 1. The molecule has 1 aromatic heterocycles. The summed E-state index contributed by atoms with van der Waals surface area (Å²) >= 11 is 0. The van der Waals surface area contributed by atoms with Crippen LogP contribution >= 0.6 is 0 Å². The van der Waals surface area contributed by atoms with Gasteiger partial charge < -0.3 is 0 Å². The summed E-state index contributed by atoms with van der Waals surface area (Å²) in [6.45, 7) is 3.68. The van der Waals surface area contributed by atoms with Gasteiger partial charge in [0, 0.05) is 24.9 Å². The number of nitrogens with one attached hydrogen (secondary N) is 2. The van der Waals surface area contributed by atoms with E-state index in [9.17, 15) is 18.5 Å². The topological polar surface area (TPSA) is 132 Å². The summed E-state index contributed by atoms with van der Waals surface area (Å²) in [4.78, 5) is 10.6. The summed E-state index contributed by atoms with van der Waals surface area (Å²) in [6, 6.07) is 8.84. The highest BCUT2D eigenvalue weighted by Crippen LogP contribution is 2.29. The van der Waals surface area contributed by atoms with Gasteiger partial charge in [0.2, 0.25) is 0 Å². The maximum atomic E-state index is 12.7. The van der Waals surface area contributed by atoms with Crippen molar-refractivity contribution >= 4 is 33.3 Å². The van der Waals surface area contributed by atoms with Gasteiger partial charge in [-0.25, -0.2) is 8.42 Å². The molecule has 0 unspecified atom stereocenters. The third kappa shape index (κ3) is 4.81. The van der Waals surface area contributed by atoms with Crippen LogP contribution in [0.2, 0.25) is 0 Å². The van der Waals surface area contributed by atoms with E-state index in [1.54, 1.807) is 43.2 Å². The SMILES string of the molecule is Cc1ccc(NS(=O)(=O)c2ccc(N/N=C/c3cnn(C)c3)c([N+](=O)[O-])c2)c(C)c1. The minimum Gasteiger partial charge on any atom is -0.279 e. The number of rotatable bonds is 7. The van der Waals surface area contributed by atoms with Crippen LogP contribution in [-0.2, 0) is 17.1 Å². The minimum absolute atomic E-state index is 0.0607. The van der Waals surface area contributed by atoms with Crippen molar-refractivity contribution in [1.82, 2.24) is 9.78 Å². The van der Waals surface area contributed by atoms with Gasteiger partial charge in [-0.15, -0.1) is 0 Å². The first-order chi connectivity index (χ1) is 14.2. The number of nitrogens with zero attached hydrogens (tertiary/aromatic N) is 4. The van der Waals surface area contributed by atoms with Crippen molar-refractivity contribution in [3.8, 4) is 0 Å². The molecule has 156 valence electrons. The Hall–Kier alpha value is -3.73. The minimum atomic E-state index is -4.01. The van der Waals surface area contributed by atoms with E-state index < -0.39 is 20.6 Å². The summed E-state index contributed by atoms with van der Waals surface area (Å²) in [5, 5.41) is 19.4. The molecule has 3 rings (SSSR count). The fraction of sp³-hybridized carbons (Fsp3) is 0.158. The number of sulfonamides is 1. The third-order valence-electron chi connectivity index (χ3n) is 4.23. The lowest BCUT2D eigenvalue weighted by molar-refractivity contribution is -0.384. The first-order valence-electron chi connectivity index (χ1n) is 8.82. The lowest BCUT2D eigenvalue weighted by Crippen LogP contribution is -2.14. The number of hydrazone groups is 1. The van der Waals surface area contributed by atoms with Crippen LogP contribution in [-0.4, -0.2) is 29.3 Å². The maximum absolute atomic E-state index is 12.7. The molecule has 2 aromatic carbocycles. The number of aromatic nitrogens is 2. The average molecular weight is 428 g/mol. The molecule has 0 saturated carbocycles. The number of anilines is 2. The normalized spacial score (nSPS) is 11.6. The van der Waals surface area contributed by atoms with Crippen molar-refractivity contribution in [1.29, 1.82) is 0 Å². The van der Waals surface area contributed by atoms with Gasteiger partial charge in [-0.1, -0.05) is 17.7 Å². The van der Waals surface area contributed by atoms with Crippen molar-refractivity contribution in [3.63, 3.8) is 0 Å². The second kappa shape index (κ2) is 8.33. The Morgan fingerprint density at radius 1 is 1.17 bits per heavy atom. The van der Waals surface area contributed by atoms with E-state index in [0.29, 0.717) is 11.3 Å². The Morgan fingerprint density at radius 3 is 2.53 bits per heavy atom. The summed E-state index contributed by atoms with van der Waals surface area (Å²) in [5.41, 5.74) is 5.07. The number of hydrogen-bond donors (Lipinski definition) is 2. The second-order valence-corrected chi connectivity index (χ2v) is 8.36. The Labute approximate surface area is 173 Å². The van der Waals surface area contributed by atoms with Gasteiger partial charge >= 0.3 is 0 Å². The van der Waals surface area contributed by atoms with Crippen molar-refractivity contribution in [2.45, 2.75) is 18.7 Å². The van der Waals surface area contributed by atoms with Crippen molar-refractivity contribution in [2.24, 2.45) is 12.1 Å². The molecule has 0 atom stereocenters. The first kappa shape index (κ1) is 21.0. The molecular formula is C19H20N6O4S. The molecule has 0 amide bonds. The molecule has 1 heterocycles. The predicted octanol–water partition coefficient (Wildman–Crippen LogP) is 3.19. The zero-order chi connectivity index (χ0) is 21.9. The molecule has 3 aromatic rings. The van der Waals surface area contributed by atoms with Crippen LogP contribution in [0.1, 0.15) is 16.7 Å². The number of aryl methyl sites for hydroxylation is 3. The highest BCUT2D eigenvalue weighted by Gasteiger charge is 2.22. The molecule has 0 spiro atoms. The van der Waals surface area contributed by atoms with Crippen molar-refractivity contribution in [2.75, 3.05) is 10.1 Å². The molecule has 2 N–H and O–H groups in total. The fourth-order valence-corrected chi connectivity index (χ4v) is 3.89. The van der Waals surface area contributed by atoms with Crippen LogP contribution in [0.25, 0.3) is 0 Å². The first-order valence-corrected chi connectivity index (χ1v) is 10.3. The standard InChI is InChI=1S/C19H20N6O4S/c1-13-4-6-17(14(2)8-13)23-30(28,29)16-5-7-18(19(9-16)25(26)27)22-20-10-15-11-21-24(3)12-15/h4-12,22-23H,1-3H3/b20-10+. The van der Waals surface area contributed by atoms with E-state index in [0.717, 1.165) is 17.2 Å². The zero-order valence-electron chi connectivity index (χ0n) is 16.5. The maximum Gasteiger partial charge on any atom is 0.295 e. The summed E-state index contributed by atoms with van der Waals surface area (Å²) in [6.07, 6.45) is 4.74. The van der Waals surface area contributed by atoms with Crippen LogP contribution in [0.15, 0.2) is 58.8 Å². The molecule has 0 bridgehead atoms. The molecule has 0 radical (unpaired) electrons. The highest BCUT2D eigenvalue weighted by molar-refractivity contribution is 7.92. The van der Waals surface area contributed by atoms with Gasteiger partial charge in [0.25, 0.3) is 15.7 Å². The molecule has 0 saturated heterocycles. The Balaban J connectivity index is 1.86. The Morgan fingerprint density at radius 2 is 1.90 bits per heavy atom. The van der Waals surface area contributed by atoms with Crippen LogP contribution in [0.3, 0.4) is 0 Å². The van der Waals surface area contributed by atoms with Gasteiger partial charge in [-0.3, -0.25) is 24.9 Å². The third-order valence-corrected chi connectivity index (χ3v) is 5.59. The lowest BCUT2D eigenvalue weighted by Gasteiger charge is -2.12. The summed E-state index contributed by atoms with van der Waals surface area (Å²) in [5.74, 6) is 0. The zero-order valence-corrected chi connectivity index (χ0v) is 17.3.